The molecule has 2 aromatic rings. The summed E-state index contributed by atoms with van der Waals surface area (Å²) in [5.74, 6) is 0.740. The first kappa shape index (κ1) is 8.50. The van der Waals surface area contributed by atoms with Crippen molar-refractivity contribution in [3.8, 4) is 5.75 Å². The molecule has 1 aliphatic rings. The van der Waals surface area contributed by atoms with Crippen molar-refractivity contribution in [2.24, 2.45) is 0 Å². The van der Waals surface area contributed by atoms with Crippen molar-refractivity contribution < 1.29 is 9.84 Å². The summed E-state index contributed by atoms with van der Waals surface area (Å²) in [6.45, 7) is 0. The van der Waals surface area contributed by atoms with Crippen LogP contribution >= 0.6 is 0 Å². The Morgan fingerprint density at radius 1 is 1.07 bits per heavy atom. The van der Waals surface area contributed by atoms with Gasteiger partial charge in [0.05, 0.1) is 0 Å². The minimum atomic E-state index is -0.821. The number of aliphatic hydroxyl groups excluding tert-OH is 1. The average Bonchev–Trinajstić information content (AvgIpc) is 2.28. The van der Waals surface area contributed by atoms with E-state index < -0.39 is 6.29 Å². The van der Waals surface area contributed by atoms with Crippen LogP contribution in [-0.4, -0.2) is 11.4 Å². The van der Waals surface area contributed by atoms with Crippen LogP contribution < -0.4 is 4.74 Å². The third-order valence-electron chi connectivity index (χ3n) is 2.61. The maximum atomic E-state index is 9.32. The minimum Gasteiger partial charge on any atom is -0.461 e. The summed E-state index contributed by atoms with van der Waals surface area (Å²) in [7, 11) is 0. The number of ether oxygens (including phenoxy) is 1. The van der Waals surface area contributed by atoms with Crippen molar-refractivity contribution in [3.63, 3.8) is 0 Å². The fraction of sp³-hybridized carbons (Fsp3) is 0.0769. The van der Waals surface area contributed by atoms with Gasteiger partial charge in [0.15, 0.2) is 0 Å². The number of benzene rings is 2. The lowest BCUT2D eigenvalue weighted by Gasteiger charge is -2.18. The lowest BCUT2D eigenvalue weighted by Crippen LogP contribution is -2.15. The van der Waals surface area contributed by atoms with E-state index in [9.17, 15) is 5.11 Å². The summed E-state index contributed by atoms with van der Waals surface area (Å²) in [5.41, 5.74) is 1.04. The van der Waals surface area contributed by atoms with Crippen LogP contribution in [0.5, 0.6) is 5.75 Å². The third-order valence-corrected chi connectivity index (χ3v) is 2.61. The van der Waals surface area contributed by atoms with Crippen LogP contribution in [-0.2, 0) is 0 Å². The molecule has 1 N–H and O–H groups in total. The van der Waals surface area contributed by atoms with Crippen LogP contribution in [0.1, 0.15) is 5.56 Å². The number of hydrogen-bond donors (Lipinski definition) is 1. The quantitative estimate of drug-likeness (QED) is 0.705. The predicted octanol–water partition coefficient (Wildman–Crippen LogP) is 2.56. The maximum Gasteiger partial charge on any atom is 0.217 e. The smallest absolute Gasteiger partial charge is 0.217 e. The fourth-order valence-electron chi connectivity index (χ4n) is 1.90. The van der Waals surface area contributed by atoms with Gasteiger partial charge in [0, 0.05) is 5.56 Å². The molecule has 2 nitrogen and oxygen atoms in total. The van der Waals surface area contributed by atoms with Gasteiger partial charge in [-0.3, -0.25) is 0 Å². The first-order chi connectivity index (χ1) is 7.34. The molecular weight excluding hydrogens is 188 g/mol. The van der Waals surface area contributed by atoms with E-state index in [0.717, 1.165) is 16.7 Å². The van der Waals surface area contributed by atoms with Gasteiger partial charge in [-0.15, -0.1) is 0 Å². The lowest BCUT2D eigenvalue weighted by molar-refractivity contribution is 0.0232. The second-order valence-corrected chi connectivity index (χ2v) is 3.57. The van der Waals surface area contributed by atoms with Crippen LogP contribution in [0.25, 0.3) is 16.8 Å². The number of aliphatic hydroxyl groups is 1. The highest BCUT2D eigenvalue weighted by molar-refractivity contribution is 5.93. The molecule has 2 heteroatoms. The van der Waals surface area contributed by atoms with Gasteiger partial charge < -0.3 is 9.84 Å². The van der Waals surface area contributed by atoms with E-state index >= 15 is 0 Å². The molecule has 0 saturated carbocycles. The van der Waals surface area contributed by atoms with Crippen molar-refractivity contribution in [2.45, 2.75) is 6.29 Å². The van der Waals surface area contributed by atoms with Crippen LogP contribution in [0.2, 0.25) is 0 Å². The molecule has 1 atom stereocenters. The number of fused-ring (bicyclic) bond motifs is 3. The SMILES string of the molecule is OC1C=Cc2c(ccc3ccccc23)O1. The summed E-state index contributed by atoms with van der Waals surface area (Å²) < 4.78 is 5.31. The molecule has 0 saturated heterocycles. The van der Waals surface area contributed by atoms with Crippen molar-refractivity contribution in [3.05, 3.63) is 48.0 Å². The Morgan fingerprint density at radius 2 is 1.93 bits per heavy atom. The molecule has 2 aromatic carbocycles. The Labute approximate surface area is 87.4 Å². The zero-order valence-electron chi connectivity index (χ0n) is 8.05. The van der Waals surface area contributed by atoms with E-state index in [1.807, 2.05) is 30.3 Å². The number of hydrogen-bond acceptors (Lipinski definition) is 2. The zero-order valence-corrected chi connectivity index (χ0v) is 8.05. The van der Waals surface area contributed by atoms with Gasteiger partial charge >= 0.3 is 0 Å². The van der Waals surface area contributed by atoms with Crippen molar-refractivity contribution in [1.82, 2.24) is 0 Å². The molecule has 15 heavy (non-hydrogen) atoms. The fourth-order valence-corrected chi connectivity index (χ4v) is 1.90. The monoisotopic (exact) mass is 198 g/mol. The van der Waals surface area contributed by atoms with Crippen LogP contribution in [0, 0.1) is 0 Å². The largest absolute Gasteiger partial charge is 0.461 e. The maximum absolute atomic E-state index is 9.32. The van der Waals surface area contributed by atoms with Crippen molar-refractivity contribution in [1.29, 1.82) is 0 Å². The normalized spacial score (nSPS) is 18.6. The van der Waals surface area contributed by atoms with E-state index in [4.69, 9.17) is 4.74 Å². The standard InChI is InChI=1S/C13H10O2/c14-13-8-6-11-10-4-2-1-3-9(10)5-7-12(11)15-13/h1-8,13-14H. The summed E-state index contributed by atoms with van der Waals surface area (Å²) in [6, 6.07) is 12.0. The van der Waals surface area contributed by atoms with Crippen molar-refractivity contribution in [2.75, 3.05) is 0 Å². The van der Waals surface area contributed by atoms with Gasteiger partial charge in [0.25, 0.3) is 0 Å². The Bertz CT molecular complexity index is 543. The van der Waals surface area contributed by atoms with Gasteiger partial charge in [0.1, 0.15) is 5.75 Å². The topological polar surface area (TPSA) is 29.5 Å². The molecule has 0 bridgehead atoms. The Morgan fingerprint density at radius 3 is 2.87 bits per heavy atom. The Kier molecular flexibility index (Phi) is 1.76. The van der Waals surface area contributed by atoms with Crippen LogP contribution in [0.15, 0.2) is 42.5 Å². The molecule has 0 spiro atoms. The molecule has 1 heterocycles. The lowest BCUT2D eigenvalue weighted by atomic mass is 10.0. The summed E-state index contributed by atoms with van der Waals surface area (Å²) in [6.07, 6.45) is 2.74. The molecule has 0 amide bonds. The second kappa shape index (κ2) is 3.11. The van der Waals surface area contributed by atoms with Crippen LogP contribution in [0.3, 0.4) is 0 Å². The second-order valence-electron chi connectivity index (χ2n) is 3.57. The van der Waals surface area contributed by atoms with E-state index in [2.05, 4.69) is 12.1 Å². The molecule has 1 aliphatic heterocycles. The first-order valence-corrected chi connectivity index (χ1v) is 4.89. The van der Waals surface area contributed by atoms with E-state index in [1.54, 1.807) is 6.08 Å². The minimum absolute atomic E-state index is 0.740. The molecule has 0 radical (unpaired) electrons. The van der Waals surface area contributed by atoms with E-state index in [0.29, 0.717) is 0 Å². The van der Waals surface area contributed by atoms with Gasteiger partial charge in [-0.1, -0.05) is 30.3 Å². The predicted molar refractivity (Wildman–Crippen MR) is 59.6 cm³/mol. The van der Waals surface area contributed by atoms with E-state index in [1.165, 1.54) is 5.39 Å². The molecule has 0 fully saturated rings. The highest BCUT2D eigenvalue weighted by atomic mass is 16.6. The molecule has 0 aromatic heterocycles. The van der Waals surface area contributed by atoms with Gasteiger partial charge in [0.2, 0.25) is 6.29 Å². The molecular formula is C13H10O2. The Hall–Kier alpha value is -1.80. The van der Waals surface area contributed by atoms with Gasteiger partial charge in [-0.05, 0) is 29.0 Å². The van der Waals surface area contributed by atoms with Crippen molar-refractivity contribution >= 4 is 16.8 Å². The molecule has 74 valence electrons. The Balaban J connectivity index is 2.33. The highest BCUT2D eigenvalue weighted by Gasteiger charge is 2.13. The third kappa shape index (κ3) is 1.30. The van der Waals surface area contributed by atoms with Crippen LogP contribution in [0.4, 0.5) is 0 Å². The molecule has 1 unspecified atom stereocenters. The first-order valence-electron chi connectivity index (χ1n) is 4.89. The van der Waals surface area contributed by atoms with Gasteiger partial charge in [-0.25, -0.2) is 0 Å². The average molecular weight is 198 g/mol. The summed E-state index contributed by atoms with van der Waals surface area (Å²) in [5, 5.41) is 11.7. The number of rotatable bonds is 0. The molecule has 3 rings (SSSR count). The zero-order chi connectivity index (χ0) is 10.3. The van der Waals surface area contributed by atoms with Gasteiger partial charge in [-0.2, -0.15) is 0 Å². The summed E-state index contributed by atoms with van der Waals surface area (Å²) >= 11 is 0. The van der Waals surface area contributed by atoms with E-state index in [-0.39, 0.29) is 0 Å². The highest BCUT2D eigenvalue weighted by Crippen LogP contribution is 2.32. The summed E-state index contributed by atoms with van der Waals surface area (Å²) in [4.78, 5) is 0. The molecule has 0 aliphatic carbocycles.